The van der Waals surface area contributed by atoms with E-state index in [0.29, 0.717) is 21.3 Å². The van der Waals surface area contributed by atoms with E-state index in [0.717, 1.165) is 0 Å². The second-order valence-corrected chi connectivity index (χ2v) is 19.2. The predicted octanol–water partition coefficient (Wildman–Crippen LogP) is 5.32. The fourth-order valence-electron chi connectivity index (χ4n) is 7.26. The van der Waals surface area contributed by atoms with Gasteiger partial charge in [0.05, 0.1) is 41.4 Å². The molecule has 3 N–H and O–H groups in total. The fourth-order valence-corrected chi connectivity index (χ4v) is 11.0. The standard InChI is InChI=1S/C39H42N10O14P2S/c1-21(2)35(50)47-39-46-34-29(37(52)48-39)44-20-49(34)38-31-30(55-5)27(61-38)17-59-64(53,56-13-11-40-3)62-24-15-25(60-26(24)16-58-65(54,63-31)57-14-12-41-4)32-28-23(18-66-32)33(43-19-42-28)45-36(51)22-9-7-6-8-10-22/h6-10,18-21,24-27,30-31,38H,11-17H2,1-2,5H3,(H,42,43,45,51)(H2,46,47,48,50,52)/t24-,25+,26+,27+,30+,31+,38+,64?,65?/m0/s1. The number of aromatic amines is 1. The van der Waals surface area contributed by atoms with Crippen molar-refractivity contribution in [1.82, 2.24) is 29.5 Å². The van der Waals surface area contributed by atoms with Crippen LogP contribution in [0.4, 0.5) is 11.8 Å². The number of hydrogen-bond acceptors (Lipinski definition) is 19. The zero-order valence-electron chi connectivity index (χ0n) is 35.3. The van der Waals surface area contributed by atoms with Crippen LogP contribution >= 0.6 is 27.0 Å². The Balaban J connectivity index is 1.13. The van der Waals surface area contributed by atoms with Gasteiger partial charge in [-0.15, -0.1) is 11.3 Å². The predicted molar refractivity (Wildman–Crippen MR) is 232 cm³/mol. The Hall–Kier alpha value is -5.37. The summed E-state index contributed by atoms with van der Waals surface area (Å²) in [4.78, 5) is 65.8. The van der Waals surface area contributed by atoms with E-state index in [4.69, 9.17) is 54.5 Å². The molecular weight excluding hydrogens is 926 g/mol. The minimum absolute atomic E-state index is 0.00733. The highest BCUT2D eigenvalue weighted by molar-refractivity contribution is 7.48. The summed E-state index contributed by atoms with van der Waals surface area (Å²) in [6, 6.07) is 8.60. The molecule has 66 heavy (non-hydrogen) atoms. The zero-order valence-corrected chi connectivity index (χ0v) is 37.9. The van der Waals surface area contributed by atoms with Gasteiger partial charge in [0.25, 0.3) is 11.5 Å². The summed E-state index contributed by atoms with van der Waals surface area (Å²) in [5.74, 6) is -1.21. The Morgan fingerprint density at radius 3 is 2.36 bits per heavy atom. The summed E-state index contributed by atoms with van der Waals surface area (Å²) in [6.45, 7) is 15.6. The molecule has 0 saturated carbocycles. The van der Waals surface area contributed by atoms with E-state index in [-0.39, 0.29) is 55.0 Å². The molecule has 3 aliphatic rings. The first-order valence-electron chi connectivity index (χ1n) is 20.3. The number of rotatable bonds is 13. The van der Waals surface area contributed by atoms with Gasteiger partial charge in [0.15, 0.2) is 17.4 Å². The molecule has 5 aromatic rings. The number of ether oxygens (including phenoxy) is 3. The molecule has 0 aliphatic carbocycles. The number of anilines is 2. The van der Waals surface area contributed by atoms with Crippen LogP contribution in [0.1, 0.15) is 47.8 Å². The number of phosphoric acid groups is 2. The molecule has 2 amide bonds. The van der Waals surface area contributed by atoms with Crippen LogP contribution in [-0.2, 0) is 55.3 Å². The third-order valence-electron chi connectivity index (χ3n) is 10.4. The van der Waals surface area contributed by atoms with Crippen LogP contribution in [0.15, 0.2) is 53.2 Å². The maximum atomic E-state index is 14.8. The molecule has 7 heterocycles. The van der Waals surface area contributed by atoms with Crippen LogP contribution in [-0.4, -0.2) is 118 Å². The fraction of sp³-hybridized carbons (Fsp3) is 0.462. The number of methoxy groups -OCH3 is 1. The lowest BCUT2D eigenvalue weighted by molar-refractivity contribution is -0.118. The number of nitrogens with one attached hydrogen (secondary N) is 3. The summed E-state index contributed by atoms with van der Waals surface area (Å²) in [5.41, 5.74) is -0.0672. The van der Waals surface area contributed by atoms with E-state index >= 15 is 0 Å². The maximum absolute atomic E-state index is 14.8. The minimum Gasteiger partial charge on any atom is -0.376 e. The van der Waals surface area contributed by atoms with Gasteiger partial charge in [-0.2, -0.15) is 4.98 Å². The van der Waals surface area contributed by atoms with Gasteiger partial charge in [-0.1, -0.05) is 32.0 Å². The quantitative estimate of drug-likeness (QED) is 0.0765. The summed E-state index contributed by atoms with van der Waals surface area (Å²) < 4.78 is 85.2. The van der Waals surface area contributed by atoms with Crippen LogP contribution < -0.4 is 16.2 Å². The van der Waals surface area contributed by atoms with Crippen molar-refractivity contribution >= 4 is 72.6 Å². The third kappa shape index (κ3) is 10.1. The van der Waals surface area contributed by atoms with E-state index in [1.165, 1.54) is 35.7 Å². The summed E-state index contributed by atoms with van der Waals surface area (Å²) in [6.07, 6.45) is -5.84. The van der Waals surface area contributed by atoms with E-state index in [1.807, 2.05) is 0 Å². The van der Waals surface area contributed by atoms with Crippen molar-refractivity contribution in [2.75, 3.05) is 57.3 Å². The molecule has 8 rings (SSSR count). The molecule has 3 fully saturated rings. The molecule has 0 radical (unpaired) electrons. The van der Waals surface area contributed by atoms with Gasteiger partial charge < -0.3 is 29.2 Å². The first-order valence-corrected chi connectivity index (χ1v) is 24.1. The number of hydrogen-bond donors (Lipinski definition) is 3. The molecule has 24 nitrogen and oxygen atoms in total. The van der Waals surface area contributed by atoms with Gasteiger partial charge in [-0.05, 0) is 12.1 Å². The molecule has 2 unspecified atom stereocenters. The molecule has 3 aliphatic heterocycles. The number of thiophene rings is 1. The number of benzene rings is 1. The average Bonchev–Trinajstić information content (AvgIpc) is 4.10. The summed E-state index contributed by atoms with van der Waals surface area (Å²) >= 11 is 1.26. The largest absolute Gasteiger partial charge is 0.475 e. The Labute approximate surface area is 379 Å². The number of nitrogens with zero attached hydrogens (tertiary/aromatic N) is 7. The monoisotopic (exact) mass is 968 g/mol. The van der Waals surface area contributed by atoms with Gasteiger partial charge in [0, 0.05) is 30.4 Å². The highest BCUT2D eigenvalue weighted by Gasteiger charge is 2.54. The van der Waals surface area contributed by atoms with Gasteiger partial charge in [-0.3, -0.25) is 56.4 Å². The molecular formula is C39H42N10O14P2S. The SMILES string of the molecule is [C-]#[N+]CCOP1(=O)OC[C@H]2O[C@@H](c3scc4c(NC(=O)c5ccccc5)ncnc34)C[C@@H]2OP(=O)(OCC[N+]#[C-])OC[C@H]2O[C@@H](n3cnc4c(=O)[nH]c(NC(=O)C(C)C)nc43)[C@H](O1)[C@@H]2OC. The lowest BCUT2D eigenvalue weighted by Crippen LogP contribution is -2.37. The second kappa shape index (κ2) is 20.2. The van der Waals surface area contributed by atoms with Crippen LogP contribution in [0.2, 0.25) is 0 Å². The van der Waals surface area contributed by atoms with Gasteiger partial charge >= 0.3 is 15.6 Å². The Morgan fingerprint density at radius 2 is 1.67 bits per heavy atom. The van der Waals surface area contributed by atoms with Crippen LogP contribution in [0.5, 0.6) is 0 Å². The molecule has 2 bridgehead atoms. The number of carbonyl (C=O) groups is 2. The number of carbonyl (C=O) groups excluding carboxylic acids is 2. The van der Waals surface area contributed by atoms with E-state index in [2.05, 4.69) is 45.2 Å². The highest BCUT2D eigenvalue weighted by atomic mass is 32.1. The topological polar surface area (TPSA) is 273 Å². The van der Waals surface area contributed by atoms with Gasteiger partial charge in [0.1, 0.15) is 55.9 Å². The molecule has 1 aromatic carbocycles. The molecule has 27 heteroatoms. The smallest absolute Gasteiger partial charge is 0.376 e. The van der Waals surface area contributed by atoms with E-state index in [9.17, 15) is 23.5 Å². The van der Waals surface area contributed by atoms with Crippen molar-refractivity contribution in [2.24, 2.45) is 5.92 Å². The summed E-state index contributed by atoms with van der Waals surface area (Å²) in [7, 11) is -8.10. The molecule has 0 spiro atoms. The number of H-pyrrole nitrogens is 1. The maximum Gasteiger partial charge on any atom is 0.475 e. The lowest BCUT2D eigenvalue weighted by Gasteiger charge is -2.28. The van der Waals surface area contributed by atoms with Gasteiger partial charge in [0.2, 0.25) is 24.9 Å². The summed E-state index contributed by atoms with van der Waals surface area (Å²) in [5, 5.41) is 7.65. The average molecular weight is 969 g/mol. The Kier molecular flexibility index (Phi) is 14.5. The van der Waals surface area contributed by atoms with Crippen molar-refractivity contribution in [3.05, 3.63) is 92.0 Å². The highest BCUT2D eigenvalue weighted by Crippen LogP contribution is 2.58. The lowest BCUT2D eigenvalue weighted by atomic mass is 10.1. The van der Waals surface area contributed by atoms with E-state index in [1.54, 1.807) is 49.6 Å². The first kappa shape index (κ1) is 47.1. The van der Waals surface area contributed by atoms with Crippen molar-refractivity contribution in [2.45, 2.75) is 63.1 Å². The molecule has 3 saturated heterocycles. The molecule has 348 valence electrons. The Bertz CT molecular complexity index is 2830. The normalized spacial score (nSPS) is 27.9. The third-order valence-corrected chi connectivity index (χ3v) is 14.4. The van der Waals surface area contributed by atoms with Crippen LogP contribution in [0, 0.1) is 19.1 Å². The number of amides is 2. The van der Waals surface area contributed by atoms with E-state index < -0.39 is 95.7 Å². The van der Waals surface area contributed by atoms with Crippen molar-refractivity contribution in [3.63, 3.8) is 0 Å². The number of aromatic nitrogens is 6. The van der Waals surface area contributed by atoms with Crippen molar-refractivity contribution < 1.29 is 60.1 Å². The van der Waals surface area contributed by atoms with Crippen molar-refractivity contribution in [1.29, 1.82) is 0 Å². The second-order valence-electron chi connectivity index (χ2n) is 15.1. The van der Waals surface area contributed by atoms with Crippen LogP contribution in [0.25, 0.3) is 31.8 Å². The Morgan fingerprint density at radius 1 is 0.955 bits per heavy atom. The number of phosphoric ester groups is 2. The number of imidazole rings is 1. The number of fused-ring (bicyclic) bond motifs is 5. The van der Waals surface area contributed by atoms with Crippen LogP contribution in [0.3, 0.4) is 0 Å². The van der Waals surface area contributed by atoms with Gasteiger partial charge in [-0.25, -0.2) is 37.2 Å². The first-order chi connectivity index (χ1) is 31.8. The molecule has 4 aromatic heterocycles. The zero-order chi connectivity index (χ0) is 46.6. The minimum atomic E-state index is -4.77. The molecule has 9 atom stereocenters. The van der Waals surface area contributed by atoms with Crippen molar-refractivity contribution in [3.8, 4) is 0 Å².